The molecular formula is C14H12ClFN4O. The molecule has 0 atom stereocenters. The summed E-state index contributed by atoms with van der Waals surface area (Å²) in [5.41, 5.74) is 4.76. The first kappa shape index (κ1) is 13.8. The topological polar surface area (TPSA) is 70.1 Å². The van der Waals surface area contributed by atoms with Gasteiger partial charge in [0, 0.05) is 16.8 Å². The number of aryl methyl sites for hydroxylation is 1. The number of halogens is 2. The molecule has 1 aromatic heterocycles. The molecular weight excluding hydrogens is 295 g/mol. The summed E-state index contributed by atoms with van der Waals surface area (Å²) in [5, 5.41) is 10.8. The van der Waals surface area contributed by atoms with E-state index in [1.807, 2.05) is 0 Å². The highest BCUT2D eigenvalue weighted by atomic mass is 35.5. The van der Waals surface area contributed by atoms with Crippen molar-refractivity contribution in [1.82, 2.24) is 15.6 Å². The molecule has 5 nitrogen and oxygen atoms in total. The van der Waals surface area contributed by atoms with Crippen molar-refractivity contribution in [2.45, 2.75) is 19.3 Å². The fourth-order valence-electron chi connectivity index (χ4n) is 2.35. The number of aromatic amines is 1. The Hall–Kier alpha value is -2.21. The number of rotatable bonds is 3. The third-order valence-corrected chi connectivity index (χ3v) is 3.71. The van der Waals surface area contributed by atoms with E-state index in [2.05, 4.69) is 20.7 Å². The maximum Gasteiger partial charge on any atom is 0.292 e. The number of amides is 1. The van der Waals surface area contributed by atoms with E-state index in [1.54, 1.807) is 6.07 Å². The summed E-state index contributed by atoms with van der Waals surface area (Å²) in [6, 6.07) is 4.32. The molecule has 21 heavy (non-hydrogen) atoms. The summed E-state index contributed by atoms with van der Waals surface area (Å²) in [7, 11) is 0. The number of fused-ring (bicyclic) bond motifs is 1. The first-order chi connectivity index (χ1) is 10.2. The molecule has 0 bridgehead atoms. The molecule has 1 heterocycles. The lowest BCUT2D eigenvalue weighted by molar-refractivity contribution is 0.0949. The average molecular weight is 307 g/mol. The zero-order valence-electron chi connectivity index (χ0n) is 11.0. The van der Waals surface area contributed by atoms with E-state index in [4.69, 9.17) is 11.6 Å². The highest BCUT2D eigenvalue weighted by Crippen LogP contribution is 2.22. The Morgan fingerprint density at radius 3 is 3.14 bits per heavy atom. The largest absolute Gasteiger partial charge is 0.292 e. The van der Waals surface area contributed by atoms with Crippen LogP contribution in [0.25, 0.3) is 0 Å². The molecule has 0 fully saturated rings. The van der Waals surface area contributed by atoms with Crippen molar-refractivity contribution in [2.75, 3.05) is 0 Å². The quantitative estimate of drug-likeness (QED) is 0.675. The van der Waals surface area contributed by atoms with Gasteiger partial charge in [0.25, 0.3) is 5.91 Å². The van der Waals surface area contributed by atoms with Crippen molar-refractivity contribution < 1.29 is 9.18 Å². The number of hydrogen-bond donors (Lipinski definition) is 2. The lowest BCUT2D eigenvalue weighted by Gasteiger charge is -2.00. The minimum absolute atomic E-state index is 0.131. The Morgan fingerprint density at radius 2 is 2.33 bits per heavy atom. The molecule has 1 aliphatic carbocycles. The number of H-pyrrole nitrogens is 1. The van der Waals surface area contributed by atoms with Gasteiger partial charge in [-0.25, -0.2) is 9.82 Å². The summed E-state index contributed by atoms with van der Waals surface area (Å²) in [6.07, 6.45) is 3.93. The Bertz CT molecular complexity index is 706. The molecule has 0 unspecified atom stereocenters. The lowest BCUT2D eigenvalue weighted by atomic mass is 10.2. The summed E-state index contributed by atoms with van der Waals surface area (Å²) in [4.78, 5) is 12.0. The molecule has 3 rings (SSSR count). The van der Waals surface area contributed by atoms with Crippen molar-refractivity contribution in [1.29, 1.82) is 0 Å². The summed E-state index contributed by atoms with van der Waals surface area (Å²) in [6.45, 7) is 0. The van der Waals surface area contributed by atoms with Gasteiger partial charge in [0.05, 0.1) is 11.2 Å². The van der Waals surface area contributed by atoms with Crippen LogP contribution in [0.3, 0.4) is 0 Å². The zero-order chi connectivity index (χ0) is 14.8. The van der Waals surface area contributed by atoms with Crippen LogP contribution >= 0.6 is 11.6 Å². The molecule has 0 radical (unpaired) electrons. The third kappa shape index (κ3) is 2.67. The first-order valence-electron chi connectivity index (χ1n) is 6.50. The molecule has 7 heteroatoms. The number of carbonyl (C=O) groups excluding carboxylic acids is 1. The predicted octanol–water partition coefficient (Wildman–Crippen LogP) is 2.45. The van der Waals surface area contributed by atoms with Crippen molar-refractivity contribution in [2.24, 2.45) is 5.10 Å². The Morgan fingerprint density at radius 1 is 1.48 bits per heavy atom. The molecule has 2 aromatic rings. The monoisotopic (exact) mass is 306 g/mol. The Balaban J connectivity index is 1.72. The lowest BCUT2D eigenvalue weighted by Crippen LogP contribution is -2.19. The highest BCUT2D eigenvalue weighted by molar-refractivity contribution is 6.33. The number of hydrogen-bond acceptors (Lipinski definition) is 3. The van der Waals surface area contributed by atoms with E-state index in [0.717, 1.165) is 30.5 Å². The average Bonchev–Trinajstić information content (AvgIpc) is 3.04. The molecule has 1 aromatic carbocycles. The van der Waals surface area contributed by atoms with Gasteiger partial charge in [-0.2, -0.15) is 10.2 Å². The molecule has 2 N–H and O–H groups in total. The van der Waals surface area contributed by atoms with Gasteiger partial charge in [-0.05, 0) is 31.4 Å². The molecule has 1 aliphatic rings. The van der Waals surface area contributed by atoms with Crippen molar-refractivity contribution in [3.05, 3.63) is 51.6 Å². The highest BCUT2D eigenvalue weighted by Gasteiger charge is 2.22. The molecule has 108 valence electrons. The second kappa shape index (κ2) is 5.65. The number of nitrogens with one attached hydrogen (secondary N) is 2. The standard InChI is InChI=1S/C14H12ClFN4O/c15-10-4-2-5-11(16)9(10)7-17-20-14(21)13-8-3-1-6-12(8)18-19-13/h2,4-5,7H,1,3,6H2,(H,18,19)(H,20,21)/b17-7+. The van der Waals surface area contributed by atoms with E-state index >= 15 is 0 Å². The van der Waals surface area contributed by atoms with E-state index in [-0.39, 0.29) is 10.6 Å². The van der Waals surface area contributed by atoms with Crippen molar-refractivity contribution in [3.8, 4) is 0 Å². The van der Waals surface area contributed by atoms with E-state index < -0.39 is 11.7 Å². The normalized spacial score (nSPS) is 13.6. The number of benzene rings is 1. The van der Waals surface area contributed by atoms with Gasteiger partial charge in [-0.1, -0.05) is 17.7 Å². The van der Waals surface area contributed by atoms with Crippen molar-refractivity contribution >= 4 is 23.7 Å². The maximum atomic E-state index is 13.5. The van der Waals surface area contributed by atoms with Gasteiger partial charge in [-0.3, -0.25) is 9.89 Å². The van der Waals surface area contributed by atoms with Crippen LogP contribution in [0.5, 0.6) is 0 Å². The number of nitrogens with zero attached hydrogens (tertiary/aromatic N) is 2. The second-order valence-corrected chi connectivity index (χ2v) is 5.12. The molecule has 0 spiro atoms. The van der Waals surface area contributed by atoms with Gasteiger partial charge >= 0.3 is 0 Å². The van der Waals surface area contributed by atoms with Crippen LogP contribution in [0.2, 0.25) is 5.02 Å². The molecule has 1 amide bonds. The smallest absolute Gasteiger partial charge is 0.281 e. The van der Waals surface area contributed by atoms with Gasteiger partial charge in [-0.15, -0.1) is 0 Å². The zero-order valence-corrected chi connectivity index (χ0v) is 11.7. The van der Waals surface area contributed by atoms with E-state index in [0.29, 0.717) is 5.69 Å². The van der Waals surface area contributed by atoms with E-state index in [9.17, 15) is 9.18 Å². The van der Waals surface area contributed by atoms with Crippen LogP contribution < -0.4 is 5.43 Å². The molecule has 0 saturated heterocycles. The number of aromatic nitrogens is 2. The van der Waals surface area contributed by atoms with E-state index in [1.165, 1.54) is 18.3 Å². The first-order valence-corrected chi connectivity index (χ1v) is 6.88. The van der Waals surface area contributed by atoms with Crippen LogP contribution in [0.15, 0.2) is 23.3 Å². The third-order valence-electron chi connectivity index (χ3n) is 3.38. The van der Waals surface area contributed by atoms with Gasteiger partial charge in [0.2, 0.25) is 0 Å². The van der Waals surface area contributed by atoms with Crippen LogP contribution in [0.4, 0.5) is 4.39 Å². The summed E-state index contributed by atoms with van der Waals surface area (Å²) in [5.74, 6) is -0.917. The van der Waals surface area contributed by atoms with Gasteiger partial charge in [0.15, 0.2) is 5.69 Å². The van der Waals surface area contributed by atoms with Gasteiger partial charge < -0.3 is 0 Å². The number of hydrazone groups is 1. The van der Waals surface area contributed by atoms with Crippen LogP contribution in [0, 0.1) is 5.82 Å². The van der Waals surface area contributed by atoms with Crippen LogP contribution in [-0.2, 0) is 12.8 Å². The van der Waals surface area contributed by atoms with Crippen LogP contribution in [-0.4, -0.2) is 22.3 Å². The predicted molar refractivity (Wildman–Crippen MR) is 77.1 cm³/mol. The van der Waals surface area contributed by atoms with Crippen molar-refractivity contribution in [3.63, 3.8) is 0 Å². The summed E-state index contributed by atoms with van der Waals surface area (Å²) >= 11 is 5.86. The Kier molecular flexibility index (Phi) is 3.70. The number of carbonyl (C=O) groups is 1. The summed E-state index contributed by atoms with van der Waals surface area (Å²) < 4.78 is 13.5. The van der Waals surface area contributed by atoms with Crippen LogP contribution in [0.1, 0.15) is 33.7 Å². The Labute approximate surface area is 125 Å². The fraction of sp³-hybridized carbons (Fsp3) is 0.214. The molecule has 0 saturated carbocycles. The fourth-order valence-corrected chi connectivity index (χ4v) is 2.56. The molecule has 0 aliphatic heterocycles. The maximum absolute atomic E-state index is 13.5. The van der Waals surface area contributed by atoms with Gasteiger partial charge in [0.1, 0.15) is 5.82 Å². The SMILES string of the molecule is O=C(N/N=C/c1c(F)cccc1Cl)c1n[nH]c2c1CCC2. The second-order valence-electron chi connectivity index (χ2n) is 4.72. The minimum atomic E-state index is -0.499. The minimum Gasteiger partial charge on any atom is -0.281 e.